The van der Waals surface area contributed by atoms with Gasteiger partial charge in [0.1, 0.15) is 51.6 Å². The lowest BCUT2D eigenvalue weighted by molar-refractivity contribution is -0.894. The predicted octanol–water partition coefficient (Wildman–Crippen LogP) is -1.86. The number of hydrogen-bond donors (Lipinski definition) is 14. The minimum absolute atomic E-state index is 0. The van der Waals surface area contributed by atoms with Gasteiger partial charge in [-0.15, -0.1) is 0 Å². The topological polar surface area (TPSA) is 545 Å². The van der Waals surface area contributed by atoms with Crippen molar-refractivity contribution in [2.45, 2.75) is 31.0 Å². The molecule has 0 aromatic carbocycles. The monoisotopic (exact) mass is 1720 g/mol. The Labute approximate surface area is 724 Å². The van der Waals surface area contributed by atoms with Crippen LogP contribution in [-0.4, -0.2) is 312 Å². The molecule has 42 heteroatoms. The van der Waals surface area contributed by atoms with Crippen molar-refractivity contribution >= 4 is 143 Å². The number of hydrogen-bond acceptors (Lipinski definition) is 28. The van der Waals surface area contributed by atoms with Crippen LogP contribution in [0.5, 0.6) is 0 Å². The fraction of sp³-hybridized carbons (Fsp3) is 0.268. The smallest absolute Gasteiger partial charge is 0.180 e. The maximum Gasteiger partial charge on any atom is 0.180 e. The number of amidine groups is 10. The summed E-state index contributed by atoms with van der Waals surface area (Å²) >= 11 is 0. The van der Waals surface area contributed by atoms with Gasteiger partial charge in [-0.25, -0.2) is 67.5 Å². The lowest BCUT2D eigenvalue weighted by atomic mass is 10.1. The number of likely N-dealkylation sites (N-methyl/N-ethyl adjacent to an activating group) is 3. The van der Waals surface area contributed by atoms with E-state index in [1.165, 1.54) is 6.08 Å². The molecule has 8 aliphatic rings. The molecule has 0 bridgehead atoms. The van der Waals surface area contributed by atoms with Gasteiger partial charge in [0.05, 0.1) is 192 Å². The summed E-state index contributed by atoms with van der Waals surface area (Å²) in [5.74, 6) is 4.38. The highest BCUT2D eigenvalue weighted by Gasteiger charge is 2.37. The van der Waals surface area contributed by atoms with Gasteiger partial charge in [-0.1, -0.05) is 30.3 Å². The van der Waals surface area contributed by atoms with E-state index in [4.69, 9.17) is 65.9 Å². The molecule has 642 valence electrons. The lowest BCUT2D eigenvalue weighted by Crippen LogP contribution is -3.00. The number of aromatic nitrogens is 10. The lowest BCUT2D eigenvalue weighted by Gasteiger charge is -2.40. The number of nitrogens with zero attached hydrogens (tertiary/aromatic N) is 26. The van der Waals surface area contributed by atoms with Crippen molar-refractivity contribution in [3.8, 4) is 0 Å². The van der Waals surface area contributed by atoms with Crippen molar-refractivity contribution in [3.63, 3.8) is 0 Å². The molecular weight excluding hydrogens is 1620 g/mol. The molecule has 18 heterocycles. The maximum absolute atomic E-state index is 9.72. The molecule has 18 rings (SSSR count). The third kappa shape index (κ3) is 20.3. The highest BCUT2D eigenvalue weighted by molar-refractivity contribution is 6.53. The second kappa shape index (κ2) is 38.1. The van der Waals surface area contributed by atoms with E-state index in [1.54, 1.807) is 82.8 Å². The van der Waals surface area contributed by atoms with Gasteiger partial charge in [0, 0.05) is 71.1 Å². The Morgan fingerprint density at radius 3 is 1.21 bits per heavy atom. The number of rotatable bonds is 9. The summed E-state index contributed by atoms with van der Waals surface area (Å²) in [6.45, 7) is 6.17. The van der Waals surface area contributed by atoms with Crippen LogP contribution in [0.3, 0.4) is 0 Å². The van der Waals surface area contributed by atoms with Gasteiger partial charge in [-0.3, -0.25) is 32.0 Å². The molecular formula is C82H97Cl2N37O3. The first-order valence-corrected chi connectivity index (χ1v) is 39.1. The molecule has 3 saturated heterocycles. The summed E-state index contributed by atoms with van der Waals surface area (Å²) in [7, 11) is 14.8. The minimum Gasteiger partial charge on any atom is -1.00 e. The number of nitrogens with one attached hydrogen (secondary N) is 6. The zero-order valence-corrected chi connectivity index (χ0v) is 70.7. The van der Waals surface area contributed by atoms with Crippen LogP contribution >= 0.6 is 0 Å². The van der Waals surface area contributed by atoms with Gasteiger partial charge < -0.3 is 103 Å². The van der Waals surface area contributed by atoms with E-state index in [-0.39, 0.29) is 90.1 Å². The zero-order chi connectivity index (χ0) is 86.3. The average Bonchev–Trinajstić information content (AvgIpc) is 1.77. The quantitative estimate of drug-likeness (QED) is 0.0705. The van der Waals surface area contributed by atoms with E-state index in [9.17, 15) is 5.11 Å². The van der Waals surface area contributed by atoms with E-state index >= 15 is 0 Å². The SMILES string of the molecule is CN(C)C1=NC(=Nc2cnn3ccccc23)C(=N)C=C1N.C[N+](C)(C)C1CCN(C2=NC(=Nc3cnn4ccccc34)C(=N)C=C2N)C1.C[N+]1(C)CCN(C2=NC(=Nc3cnn4ccccc34)C(=N)C=C2N)CC1.N=C1C=C(N)C(=NC(CO)CO)N=C1Nc1cnn2ccccc12.N=C1C=C(N)C(N2CCC(O)C2)=NC1=Nc1cnn2ccccc12.[Cl-].[Cl-]. The Morgan fingerprint density at radius 1 is 0.460 bits per heavy atom. The summed E-state index contributed by atoms with van der Waals surface area (Å²) in [6, 6.07) is 28.5. The summed E-state index contributed by atoms with van der Waals surface area (Å²) in [5, 5.41) is 92.9. The first-order chi connectivity index (χ1) is 58.5. The van der Waals surface area contributed by atoms with Crippen LogP contribution in [0.4, 0.5) is 28.4 Å². The Morgan fingerprint density at radius 2 is 0.823 bits per heavy atom. The second-order valence-electron chi connectivity index (χ2n) is 31.1. The Balaban J connectivity index is 0.000000141. The van der Waals surface area contributed by atoms with Crippen LogP contribution in [0.1, 0.15) is 12.8 Å². The molecule has 10 aromatic rings. The number of piperazine rings is 1. The molecule has 0 aliphatic carbocycles. The molecule has 2 atom stereocenters. The zero-order valence-electron chi connectivity index (χ0n) is 69.1. The molecule has 19 N–H and O–H groups in total. The van der Waals surface area contributed by atoms with Crippen molar-refractivity contribution in [2.75, 3.05) is 120 Å². The fourth-order valence-electron chi connectivity index (χ4n) is 13.9. The molecule has 2 unspecified atom stereocenters. The van der Waals surface area contributed by atoms with Gasteiger partial charge >= 0.3 is 0 Å². The number of β-amino-alcohol motifs (C(OH)–C–C–N with tert-alkyl or cyclic N) is 1. The summed E-state index contributed by atoms with van der Waals surface area (Å²) in [4.78, 5) is 52.7. The van der Waals surface area contributed by atoms with Gasteiger partial charge in [0.15, 0.2) is 58.4 Å². The molecule has 3 fully saturated rings. The predicted molar refractivity (Wildman–Crippen MR) is 478 cm³/mol. The van der Waals surface area contributed by atoms with Gasteiger partial charge in [-0.05, 0) is 97.5 Å². The van der Waals surface area contributed by atoms with Gasteiger partial charge in [0.25, 0.3) is 0 Å². The second-order valence-corrected chi connectivity index (χ2v) is 31.1. The van der Waals surface area contributed by atoms with E-state index < -0.39 is 6.04 Å². The number of quaternary nitrogens is 2. The third-order valence-electron chi connectivity index (χ3n) is 20.7. The first-order valence-electron chi connectivity index (χ1n) is 39.1. The van der Waals surface area contributed by atoms with Crippen molar-refractivity contribution in [1.29, 1.82) is 27.0 Å². The highest BCUT2D eigenvalue weighted by Crippen LogP contribution is 2.29. The van der Waals surface area contributed by atoms with Crippen LogP contribution < -0.4 is 58.8 Å². The number of pyridine rings is 5. The number of fused-ring (bicyclic) bond motifs is 5. The number of likely N-dealkylation sites (tertiary alicyclic amines) is 2. The van der Waals surface area contributed by atoms with Gasteiger partial charge in [0.2, 0.25) is 0 Å². The molecule has 0 amide bonds. The Kier molecular flexibility index (Phi) is 27.3. The van der Waals surface area contributed by atoms with Crippen molar-refractivity contribution in [3.05, 3.63) is 212 Å². The number of nitrogens with two attached hydrogens (primary N) is 5. The summed E-state index contributed by atoms with van der Waals surface area (Å²) in [5.41, 5.74) is 40.8. The normalized spacial score (nSPS) is 20.0. The number of anilines is 1. The Bertz CT molecular complexity index is 6280. The van der Waals surface area contributed by atoms with Crippen LogP contribution in [0.15, 0.2) is 262 Å². The molecule has 10 aromatic heterocycles. The van der Waals surface area contributed by atoms with Crippen molar-refractivity contribution in [1.82, 2.24) is 67.7 Å². The van der Waals surface area contributed by atoms with Crippen LogP contribution in [-0.2, 0) is 0 Å². The molecule has 0 saturated carbocycles. The van der Waals surface area contributed by atoms with E-state index in [0.29, 0.717) is 112 Å². The number of halogens is 2. The van der Waals surface area contributed by atoms with E-state index in [2.05, 4.69) is 126 Å². The van der Waals surface area contributed by atoms with Crippen LogP contribution in [0.25, 0.3) is 27.6 Å². The fourth-order valence-corrected chi connectivity index (χ4v) is 13.9. The van der Waals surface area contributed by atoms with Crippen molar-refractivity contribution < 1.29 is 49.1 Å². The number of aliphatic imine (C=N–C) groups is 10. The van der Waals surface area contributed by atoms with Gasteiger partial charge in [-0.2, -0.15) is 25.5 Å². The minimum atomic E-state index is -0.707. The number of dihydropyridines is 5. The molecule has 0 radical (unpaired) electrons. The number of aliphatic hydroxyl groups excluding tert-OH is 3. The molecule has 0 spiro atoms. The van der Waals surface area contributed by atoms with Crippen LogP contribution in [0.2, 0.25) is 0 Å². The van der Waals surface area contributed by atoms with E-state index in [0.717, 1.165) is 93.9 Å². The highest BCUT2D eigenvalue weighted by atomic mass is 35.5. The molecule has 8 aliphatic heterocycles. The molecule has 40 nitrogen and oxygen atoms in total. The van der Waals surface area contributed by atoms with E-state index in [1.807, 2.05) is 141 Å². The number of aliphatic hydroxyl groups is 3. The van der Waals surface area contributed by atoms with Crippen molar-refractivity contribution in [2.24, 2.45) is 78.6 Å². The summed E-state index contributed by atoms with van der Waals surface area (Å²) in [6.07, 6.45) is 26.8. The van der Waals surface area contributed by atoms with Crippen LogP contribution in [0, 0.1) is 27.0 Å². The largest absolute Gasteiger partial charge is 1.00 e. The maximum atomic E-state index is 9.72. The standard InChI is InChI=1S/C19H25N8.C18H23N8.C16H17N7O.C15H17N7O2.C14H15N7.2ClH/c1-27(2,3)13-7-9-25(12-13)19-15(21)10-14(20)18(24-19)23-16-11-22-26-8-5-4-6-17(16)26;1-26(2)9-7-24(8-10-26)18-14(20)11-13(19)17(23-18)22-15-12-21-25-6-4-3-5-16(15)25;17-11-7-12(18)16(22-6-4-10(24)9-22)21-15(11)20-13-8-19-23-5-2-1-3-14(13)23;16-10-5-11(17)15(21-14(10)19-9(7-23)8-24)20-12-6-18-22-4-2-1-3-13(12)22;1-20(2)14-10(16)7-9(15)13(19-14)18-11-8-17-21-6-4-3-5-12(11)21;;/h4-6,8,10-11,13,20H,7,9,12,21H2,1-3H3;3-6,11-12,19H,7-10,20H2,1-2H3;1-3,5,7-8,10,17,24H,4,6,9,18H2;1-6,9,17,23-24H,7-8,16H2,(H,19,20,21);3-8,15H,16H2,1-2H3;2*1H/q2*+1;;;;;/p-2. The average molecular weight is 1720 g/mol. The molecule has 124 heavy (non-hydrogen) atoms. The summed E-state index contributed by atoms with van der Waals surface area (Å²) < 4.78 is 10.6. The first kappa shape index (κ1) is 88.9. The Hall–Kier alpha value is -14.4. The third-order valence-corrected chi connectivity index (χ3v) is 20.7.